The molecular weight excluding hydrogens is 279 g/mol. The standard InChI is InChI=1S/C13H9ClF3NO/c1-19-12-6-9(11(14)7-18-12)8-4-2-3-5-10(8)13(15,16)17/h2-7H,1H3. The van der Waals surface area contributed by atoms with Crippen LogP contribution in [0, 0.1) is 0 Å². The van der Waals surface area contributed by atoms with Gasteiger partial charge in [-0.1, -0.05) is 29.8 Å². The fourth-order valence-corrected chi connectivity index (χ4v) is 1.91. The predicted octanol–water partition coefficient (Wildman–Crippen LogP) is 4.43. The number of halogens is 4. The molecule has 2 rings (SSSR count). The molecule has 0 fully saturated rings. The summed E-state index contributed by atoms with van der Waals surface area (Å²) in [6.07, 6.45) is -3.18. The Labute approximate surface area is 112 Å². The van der Waals surface area contributed by atoms with Gasteiger partial charge < -0.3 is 4.74 Å². The number of alkyl halides is 3. The molecule has 0 amide bonds. The maximum Gasteiger partial charge on any atom is 0.417 e. The third-order valence-electron chi connectivity index (χ3n) is 2.56. The van der Waals surface area contributed by atoms with Gasteiger partial charge >= 0.3 is 6.18 Å². The van der Waals surface area contributed by atoms with Crippen molar-refractivity contribution in [3.05, 3.63) is 47.1 Å². The minimum atomic E-state index is -4.45. The van der Waals surface area contributed by atoms with Gasteiger partial charge in [0, 0.05) is 11.6 Å². The molecule has 0 N–H and O–H groups in total. The van der Waals surface area contributed by atoms with Gasteiger partial charge in [-0.15, -0.1) is 0 Å². The summed E-state index contributed by atoms with van der Waals surface area (Å²) >= 11 is 5.92. The summed E-state index contributed by atoms with van der Waals surface area (Å²) in [6, 6.07) is 6.61. The number of rotatable bonds is 2. The minimum Gasteiger partial charge on any atom is -0.481 e. The van der Waals surface area contributed by atoms with Crippen molar-refractivity contribution in [3.8, 4) is 17.0 Å². The predicted molar refractivity (Wildman–Crippen MR) is 66.2 cm³/mol. The lowest BCUT2D eigenvalue weighted by atomic mass is 10.0. The maximum absolute atomic E-state index is 13.0. The third kappa shape index (κ3) is 2.81. The van der Waals surface area contributed by atoms with Crippen LogP contribution in [0.2, 0.25) is 5.02 Å². The number of methoxy groups -OCH3 is 1. The highest BCUT2D eigenvalue weighted by Crippen LogP contribution is 2.39. The fraction of sp³-hybridized carbons (Fsp3) is 0.154. The van der Waals surface area contributed by atoms with Crippen LogP contribution in [0.1, 0.15) is 5.56 Å². The molecule has 0 aliphatic carbocycles. The molecule has 19 heavy (non-hydrogen) atoms. The zero-order valence-corrected chi connectivity index (χ0v) is 10.6. The van der Waals surface area contributed by atoms with Gasteiger partial charge in [0.05, 0.1) is 23.9 Å². The van der Waals surface area contributed by atoms with E-state index in [1.807, 2.05) is 0 Å². The van der Waals surface area contributed by atoms with E-state index in [2.05, 4.69) is 4.98 Å². The summed E-state index contributed by atoms with van der Waals surface area (Å²) in [7, 11) is 1.38. The van der Waals surface area contributed by atoms with Crippen molar-refractivity contribution in [3.63, 3.8) is 0 Å². The largest absolute Gasteiger partial charge is 0.481 e. The van der Waals surface area contributed by atoms with Crippen LogP contribution in [0.25, 0.3) is 11.1 Å². The number of hydrogen-bond donors (Lipinski definition) is 0. The summed E-state index contributed by atoms with van der Waals surface area (Å²) in [5.41, 5.74) is -0.507. The lowest BCUT2D eigenvalue weighted by molar-refractivity contribution is -0.137. The molecule has 0 aliphatic heterocycles. The molecule has 2 aromatic rings. The van der Waals surface area contributed by atoms with E-state index in [1.54, 1.807) is 0 Å². The van der Waals surface area contributed by atoms with Crippen LogP contribution >= 0.6 is 11.6 Å². The van der Waals surface area contributed by atoms with E-state index in [9.17, 15) is 13.2 Å². The SMILES string of the molecule is COc1cc(-c2ccccc2C(F)(F)F)c(Cl)cn1. The smallest absolute Gasteiger partial charge is 0.417 e. The zero-order chi connectivity index (χ0) is 14.0. The lowest BCUT2D eigenvalue weighted by Crippen LogP contribution is -2.07. The van der Waals surface area contributed by atoms with Gasteiger partial charge in [-0.25, -0.2) is 4.98 Å². The molecule has 1 aromatic heterocycles. The topological polar surface area (TPSA) is 22.1 Å². The Balaban J connectivity index is 2.65. The summed E-state index contributed by atoms with van der Waals surface area (Å²) in [6.45, 7) is 0. The molecule has 2 nitrogen and oxygen atoms in total. The van der Waals surface area contributed by atoms with Crippen molar-refractivity contribution in [2.75, 3.05) is 7.11 Å². The molecule has 0 unspecified atom stereocenters. The fourth-order valence-electron chi connectivity index (χ4n) is 1.70. The second kappa shape index (κ2) is 5.09. The number of ether oxygens (including phenoxy) is 1. The Morgan fingerprint density at radius 2 is 1.84 bits per heavy atom. The van der Waals surface area contributed by atoms with Crippen molar-refractivity contribution in [1.82, 2.24) is 4.98 Å². The average molecular weight is 288 g/mol. The van der Waals surface area contributed by atoms with E-state index in [4.69, 9.17) is 16.3 Å². The first-order valence-corrected chi connectivity index (χ1v) is 5.67. The van der Waals surface area contributed by atoms with Crippen LogP contribution in [0.3, 0.4) is 0 Å². The van der Waals surface area contributed by atoms with E-state index in [0.29, 0.717) is 0 Å². The molecule has 1 aromatic carbocycles. The Hall–Kier alpha value is -1.75. The molecule has 1 heterocycles. The van der Waals surface area contributed by atoms with Crippen molar-refractivity contribution in [1.29, 1.82) is 0 Å². The maximum atomic E-state index is 13.0. The lowest BCUT2D eigenvalue weighted by Gasteiger charge is -2.14. The normalized spacial score (nSPS) is 11.4. The Kier molecular flexibility index (Phi) is 3.66. The molecule has 0 atom stereocenters. The summed E-state index contributed by atoms with van der Waals surface area (Å²) in [5.74, 6) is 0.205. The van der Waals surface area contributed by atoms with Crippen molar-refractivity contribution < 1.29 is 17.9 Å². The number of nitrogens with zero attached hydrogens (tertiary/aromatic N) is 1. The number of benzene rings is 1. The van der Waals surface area contributed by atoms with E-state index < -0.39 is 11.7 Å². The van der Waals surface area contributed by atoms with E-state index in [0.717, 1.165) is 6.07 Å². The Bertz CT molecular complexity index is 599. The first-order chi connectivity index (χ1) is 8.93. The summed E-state index contributed by atoms with van der Waals surface area (Å²) in [5, 5.41) is 0.137. The first kappa shape index (κ1) is 13.7. The average Bonchev–Trinajstić information content (AvgIpc) is 2.38. The van der Waals surface area contributed by atoms with Gasteiger partial charge in [0.15, 0.2) is 0 Å². The highest BCUT2D eigenvalue weighted by Gasteiger charge is 2.33. The third-order valence-corrected chi connectivity index (χ3v) is 2.86. The van der Waals surface area contributed by atoms with Gasteiger partial charge in [0.2, 0.25) is 5.88 Å². The second-order valence-electron chi connectivity index (χ2n) is 3.75. The van der Waals surface area contributed by atoms with Gasteiger partial charge in [-0.3, -0.25) is 0 Å². The van der Waals surface area contributed by atoms with Crippen LogP contribution in [-0.2, 0) is 6.18 Å². The zero-order valence-electron chi connectivity index (χ0n) is 9.83. The van der Waals surface area contributed by atoms with Gasteiger partial charge in [0.25, 0.3) is 0 Å². The Morgan fingerprint density at radius 1 is 1.16 bits per heavy atom. The Morgan fingerprint density at radius 3 is 2.47 bits per heavy atom. The summed E-state index contributed by atoms with van der Waals surface area (Å²) < 4.78 is 43.8. The minimum absolute atomic E-state index is 0.000648. The molecule has 0 spiro atoms. The van der Waals surface area contributed by atoms with Crippen LogP contribution in [0.5, 0.6) is 5.88 Å². The molecule has 0 saturated heterocycles. The van der Waals surface area contributed by atoms with Crippen LogP contribution in [0.15, 0.2) is 36.5 Å². The number of hydrogen-bond acceptors (Lipinski definition) is 2. The molecule has 0 aliphatic rings. The van der Waals surface area contributed by atoms with E-state index >= 15 is 0 Å². The van der Waals surface area contributed by atoms with Gasteiger partial charge in [-0.05, 0) is 11.6 Å². The second-order valence-corrected chi connectivity index (χ2v) is 4.16. The molecule has 100 valence electrons. The first-order valence-electron chi connectivity index (χ1n) is 5.29. The quantitative estimate of drug-likeness (QED) is 0.815. The molecule has 6 heteroatoms. The summed E-state index contributed by atoms with van der Waals surface area (Å²) in [4.78, 5) is 3.84. The van der Waals surface area contributed by atoms with Crippen molar-refractivity contribution in [2.24, 2.45) is 0 Å². The van der Waals surface area contributed by atoms with Gasteiger partial charge in [0.1, 0.15) is 0 Å². The van der Waals surface area contributed by atoms with Gasteiger partial charge in [-0.2, -0.15) is 13.2 Å². The number of aromatic nitrogens is 1. The molecule has 0 bridgehead atoms. The monoisotopic (exact) mass is 287 g/mol. The van der Waals surface area contributed by atoms with Crippen LogP contribution in [0.4, 0.5) is 13.2 Å². The molecular formula is C13H9ClF3NO. The highest BCUT2D eigenvalue weighted by atomic mass is 35.5. The van der Waals surface area contributed by atoms with E-state index in [1.165, 1.54) is 37.6 Å². The van der Waals surface area contributed by atoms with Crippen molar-refractivity contribution in [2.45, 2.75) is 6.18 Å². The van der Waals surface area contributed by atoms with Crippen LogP contribution < -0.4 is 4.74 Å². The van der Waals surface area contributed by atoms with Crippen LogP contribution in [-0.4, -0.2) is 12.1 Å². The number of pyridine rings is 1. The molecule has 0 radical (unpaired) electrons. The van der Waals surface area contributed by atoms with E-state index in [-0.39, 0.29) is 22.0 Å². The highest BCUT2D eigenvalue weighted by molar-refractivity contribution is 6.33. The molecule has 0 saturated carbocycles. The van der Waals surface area contributed by atoms with Crippen molar-refractivity contribution >= 4 is 11.6 Å².